The molecular weight excluding hydrogens is 448 g/mol. The number of allylic oxidation sites excluding steroid dienone is 9. The van der Waals surface area contributed by atoms with Crippen LogP contribution in [0.3, 0.4) is 0 Å². The van der Waals surface area contributed by atoms with Crippen molar-refractivity contribution in [1.82, 2.24) is 0 Å². The van der Waals surface area contributed by atoms with E-state index in [-0.39, 0.29) is 29.6 Å². The maximum absolute atomic E-state index is 10.9. The molecule has 2 atom stereocenters. The SMILES string of the molecule is CO[C@@H](C/C=C/C=C/CC/C=C\C[C@H](C)/C=C\C(=C/C(=O)O)CC(=O)O)/C(C)=C\C=C(/C)C(=O)O. The number of methoxy groups -OCH3 is 1. The van der Waals surface area contributed by atoms with Gasteiger partial charge in [-0.25, -0.2) is 9.59 Å². The van der Waals surface area contributed by atoms with Crippen LogP contribution in [0, 0.1) is 5.92 Å². The van der Waals surface area contributed by atoms with Crippen LogP contribution in [0.2, 0.25) is 0 Å². The summed E-state index contributed by atoms with van der Waals surface area (Å²) in [5.74, 6) is -3.01. The van der Waals surface area contributed by atoms with Gasteiger partial charge in [0.2, 0.25) is 0 Å². The zero-order valence-corrected chi connectivity index (χ0v) is 21.0. The molecule has 0 aromatic carbocycles. The zero-order chi connectivity index (χ0) is 26.6. The molecule has 7 heteroatoms. The van der Waals surface area contributed by atoms with Gasteiger partial charge in [0, 0.05) is 18.8 Å². The van der Waals surface area contributed by atoms with Gasteiger partial charge in [-0.05, 0) is 56.6 Å². The van der Waals surface area contributed by atoms with E-state index in [1.165, 1.54) is 0 Å². The first kappa shape index (κ1) is 31.6. The lowest BCUT2D eigenvalue weighted by Gasteiger charge is -2.13. The minimum absolute atomic E-state index is 0.115. The second kappa shape index (κ2) is 18.9. The van der Waals surface area contributed by atoms with Crippen molar-refractivity contribution in [2.24, 2.45) is 5.92 Å². The molecule has 192 valence electrons. The maximum Gasteiger partial charge on any atom is 0.331 e. The van der Waals surface area contributed by atoms with Gasteiger partial charge in [-0.3, -0.25) is 4.79 Å². The summed E-state index contributed by atoms with van der Waals surface area (Å²) in [7, 11) is 1.63. The molecule has 0 aromatic heterocycles. The summed E-state index contributed by atoms with van der Waals surface area (Å²) in [4.78, 5) is 32.4. The van der Waals surface area contributed by atoms with Crippen LogP contribution in [0.15, 0.2) is 83.6 Å². The Kier molecular flexibility index (Phi) is 17.1. The second-order valence-corrected chi connectivity index (χ2v) is 8.13. The van der Waals surface area contributed by atoms with Crippen molar-refractivity contribution in [2.75, 3.05) is 7.11 Å². The van der Waals surface area contributed by atoms with Gasteiger partial charge in [-0.2, -0.15) is 0 Å². The van der Waals surface area contributed by atoms with E-state index in [1.54, 1.807) is 32.3 Å². The van der Waals surface area contributed by atoms with Gasteiger partial charge in [0.05, 0.1) is 12.5 Å². The van der Waals surface area contributed by atoms with E-state index in [9.17, 15) is 14.4 Å². The normalized spacial score (nSPS) is 15.5. The molecule has 0 aliphatic carbocycles. The van der Waals surface area contributed by atoms with Crippen molar-refractivity contribution in [1.29, 1.82) is 0 Å². The third kappa shape index (κ3) is 17.7. The molecule has 35 heavy (non-hydrogen) atoms. The third-order valence-electron chi connectivity index (χ3n) is 4.94. The fourth-order valence-corrected chi connectivity index (χ4v) is 2.84. The van der Waals surface area contributed by atoms with Crippen molar-refractivity contribution in [3.63, 3.8) is 0 Å². The second-order valence-electron chi connectivity index (χ2n) is 8.13. The van der Waals surface area contributed by atoms with Crippen LogP contribution < -0.4 is 0 Å². The molecule has 0 aliphatic heterocycles. The predicted molar refractivity (Wildman–Crippen MR) is 138 cm³/mol. The van der Waals surface area contributed by atoms with E-state index in [0.29, 0.717) is 6.42 Å². The Hall–Kier alpha value is -3.45. The molecule has 7 nitrogen and oxygen atoms in total. The highest BCUT2D eigenvalue weighted by atomic mass is 16.5. The number of carboxylic acids is 3. The van der Waals surface area contributed by atoms with E-state index in [1.807, 2.05) is 38.2 Å². The Morgan fingerprint density at radius 1 is 0.886 bits per heavy atom. The number of rotatable bonds is 17. The topological polar surface area (TPSA) is 121 Å². The minimum atomic E-state index is -1.16. The highest BCUT2D eigenvalue weighted by Crippen LogP contribution is 2.12. The average Bonchev–Trinajstić information content (AvgIpc) is 2.78. The van der Waals surface area contributed by atoms with Crippen LogP contribution in [0.5, 0.6) is 0 Å². The van der Waals surface area contributed by atoms with Crippen LogP contribution in [0.25, 0.3) is 0 Å². The largest absolute Gasteiger partial charge is 0.481 e. The monoisotopic (exact) mass is 486 g/mol. The maximum atomic E-state index is 10.9. The standard InChI is InChI=1S/C28H38O7/c1-21(15-18-24(19-26(29)30)20-27(31)32)13-11-9-7-5-6-8-10-12-14-25(35-4)22(2)16-17-23(3)28(33)34/h6,8-12,15-19,21,25H,5,7,13-14,20H2,1-4H3,(H,29,30)(H,31,32)(H,33,34)/b8-6+,11-9-,12-10+,18-15-,22-16-,23-17+,24-19+/t21-,25-/m0/s1. The van der Waals surface area contributed by atoms with Gasteiger partial charge in [-0.15, -0.1) is 0 Å². The fourth-order valence-electron chi connectivity index (χ4n) is 2.84. The highest BCUT2D eigenvalue weighted by molar-refractivity contribution is 5.86. The van der Waals surface area contributed by atoms with Crippen molar-refractivity contribution in [3.8, 4) is 0 Å². The molecule has 3 N–H and O–H groups in total. The number of aliphatic carboxylic acids is 3. The van der Waals surface area contributed by atoms with E-state index in [2.05, 4.69) is 18.2 Å². The summed E-state index contributed by atoms with van der Waals surface area (Å²) in [5.41, 5.74) is 1.48. The number of unbranched alkanes of at least 4 members (excludes halogenated alkanes) is 1. The Balaban J connectivity index is 4.41. The van der Waals surface area contributed by atoms with Gasteiger partial charge < -0.3 is 20.1 Å². The van der Waals surface area contributed by atoms with Gasteiger partial charge in [0.25, 0.3) is 0 Å². The summed E-state index contributed by atoms with van der Waals surface area (Å²) < 4.78 is 5.47. The lowest BCUT2D eigenvalue weighted by molar-refractivity contribution is -0.136. The molecular formula is C28H38O7. The number of carbonyl (C=O) groups is 3. The first-order valence-corrected chi connectivity index (χ1v) is 11.5. The first-order chi connectivity index (χ1) is 16.6. The Morgan fingerprint density at radius 2 is 1.54 bits per heavy atom. The molecule has 0 fully saturated rings. The van der Waals surface area contributed by atoms with Crippen LogP contribution in [0.4, 0.5) is 0 Å². The number of hydrogen-bond acceptors (Lipinski definition) is 4. The molecule has 0 radical (unpaired) electrons. The van der Waals surface area contributed by atoms with Gasteiger partial charge in [-0.1, -0.05) is 67.7 Å². The molecule has 0 saturated carbocycles. The number of carboxylic acid groups (broad SMARTS) is 3. The molecule has 0 aromatic rings. The minimum Gasteiger partial charge on any atom is -0.481 e. The van der Waals surface area contributed by atoms with Crippen LogP contribution in [-0.2, 0) is 19.1 Å². The smallest absolute Gasteiger partial charge is 0.331 e. The fraction of sp³-hybridized carbons (Fsp3) is 0.393. The number of ether oxygens (including phenoxy) is 1. The van der Waals surface area contributed by atoms with Crippen molar-refractivity contribution in [3.05, 3.63) is 83.6 Å². The van der Waals surface area contributed by atoms with Gasteiger partial charge >= 0.3 is 17.9 Å². The summed E-state index contributed by atoms with van der Waals surface area (Å²) in [6.45, 7) is 5.44. The molecule has 0 bridgehead atoms. The van der Waals surface area contributed by atoms with Crippen molar-refractivity contribution in [2.45, 2.75) is 59.0 Å². The van der Waals surface area contributed by atoms with E-state index < -0.39 is 17.9 Å². The molecule has 0 saturated heterocycles. The quantitative estimate of drug-likeness (QED) is 0.101. The van der Waals surface area contributed by atoms with E-state index in [0.717, 1.165) is 30.9 Å². The average molecular weight is 487 g/mol. The molecule has 0 aliphatic rings. The summed E-state index contributed by atoms with van der Waals surface area (Å²) in [6.07, 6.45) is 22.6. The summed E-state index contributed by atoms with van der Waals surface area (Å²) >= 11 is 0. The molecule has 0 heterocycles. The Labute approximate surface area is 208 Å². The predicted octanol–water partition coefficient (Wildman–Crippen LogP) is 5.89. The number of hydrogen-bond donors (Lipinski definition) is 3. The van der Waals surface area contributed by atoms with Gasteiger partial charge in [0.15, 0.2) is 0 Å². The van der Waals surface area contributed by atoms with Crippen LogP contribution in [0.1, 0.15) is 52.9 Å². The summed E-state index contributed by atoms with van der Waals surface area (Å²) in [5, 5.41) is 26.6. The molecule has 0 rings (SSSR count). The first-order valence-electron chi connectivity index (χ1n) is 11.5. The highest BCUT2D eigenvalue weighted by Gasteiger charge is 2.07. The van der Waals surface area contributed by atoms with Crippen molar-refractivity contribution < 1.29 is 34.4 Å². The van der Waals surface area contributed by atoms with E-state index in [4.69, 9.17) is 20.1 Å². The lowest BCUT2D eigenvalue weighted by atomic mass is 10.0. The lowest BCUT2D eigenvalue weighted by Crippen LogP contribution is -2.10. The molecule has 0 amide bonds. The van der Waals surface area contributed by atoms with Crippen LogP contribution in [-0.4, -0.2) is 46.4 Å². The van der Waals surface area contributed by atoms with Crippen LogP contribution >= 0.6 is 0 Å². The Morgan fingerprint density at radius 3 is 2.14 bits per heavy atom. The Bertz CT molecular complexity index is 898. The summed E-state index contributed by atoms with van der Waals surface area (Å²) in [6, 6.07) is 0. The van der Waals surface area contributed by atoms with E-state index >= 15 is 0 Å². The zero-order valence-electron chi connectivity index (χ0n) is 21.0. The van der Waals surface area contributed by atoms with Crippen molar-refractivity contribution >= 4 is 17.9 Å². The third-order valence-corrected chi connectivity index (χ3v) is 4.94. The molecule has 0 unspecified atom stereocenters. The molecule has 0 spiro atoms. The van der Waals surface area contributed by atoms with Gasteiger partial charge in [0.1, 0.15) is 0 Å².